The van der Waals surface area contributed by atoms with Crippen molar-refractivity contribution in [3.8, 4) is 10.7 Å². The van der Waals surface area contributed by atoms with E-state index in [1.807, 2.05) is 13.8 Å². The molecule has 2 N–H and O–H groups in total. The van der Waals surface area contributed by atoms with E-state index in [0.717, 1.165) is 4.88 Å². The molecule has 0 aliphatic carbocycles. The molecule has 0 spiro atoms. The van der Waals surface area contributed by atoms with Gasteiger partial charge < -0.3 is 10.6 Å². The van der Waals surface area contributed by atoms with E-state index >= 15 is 0 Å². The lowest BCUT2D eigenvalue weighted by Gasteiger charge is -2.26. The Morgan fingerprint density at radius 3 is 2.70 bits per heavy atom. The first kappa shape index (κ1) is 19.1. The van der Waals surface area contributed by atoms with Gasteiger partial charge in [-0.3, -0.25) is 9.78 Å². The SMILES string of the molecule is CC(=O)NCc1cnc(-c2cnc(NC(C)(C)c3ncccc3Cl)nn2)s1. The lowest BCUT2D eigenvalue weighted by atomic mass is 10.00. The second kappa shape index (κ2) is 7.93. The lowest BCUT2D eigenvalue weighted by Crippen LogP contribution is -2.30. The number of amides is 1. The van der Waals surface area contributed by atoms with Gasteiger partial charge in [-0.05, 0) is 26.0 Å². The van der Waals surface area contributed by atoms with Crippen LogP contribution in [-0.4, -0.2) is 31.1 Å². The molecule has 3 aromatic heterocycles. The zero-order valence-electron chi connectivity index (χ0n) is 15.0. The number of pyridine rings is 1. The predicted octanol–water partition coefficient (Wildman–Crippen LogP) is 3.03. The number of halogens is 1. The lowest BCUT2D eigenvalue weighted by molar-refractivity contribution is -0.119. The van der Waals surface area contributed by atoms with Gasteiger partial charge in [0, 0.05) is 24.2 Å². The van der Waals surface area contributed by atoms with Gasteiger partial charge >= 0.3 is 0 Å². The minimum atomic E-state index is -0.575. The average molecular weight is 404 g/mol. The Labute approximate surface area is 165 Å². The molecule has 0 radical (unpaired) electrons. The molecule has 0 saturated heterocycles. The minimum Gasteiger partial charge on any atom is -0.351 e. The number of aromatic nitrogens is 5. The number of thiazole rings is 1. The first-order valence-corrected chi connectivity index (χ1v) is 9.33. The first-order valence-electron chi connectivity index (χ1n) is 8.13. The van der Waals surface area contributed by atoms with Crippen molar-refractivity contribution in [2.75, 3.05) is 5.32 Å². The Hall–Kier alpha value is -2.65. The summed E-state index contributed by atoms with van der Waals surface area (Å²) in [7, 11) is 0. The maximum Gasteiger partial charge on any atom is 0.243 e. The highest BCUT2D eigenvalue weighted by Crippen LogP contribution is 2.28. The van der Waals surface area contributed by atoms with Crippen LogP contribution in [0.5, 0.6) is 0 Å². The number of nitrogens with zero attached hydrogens (tertiary/aromatic N) is 5. The third kappa shape index (κ3) is 4.75. The molecule has 3 rings (SSSR count). The van der Waals surface area contributed by atoms with Crippen molar-refractivity contribution in [1.29, 1.82) is 0 Å². The third-order valence-electron chi connectivity index (χ3n) is 3.62. The van der Waals surface area contributed by atoms with E-state index in [2.05, 4.69) is 35.8 Å². The summed E-state index contributed by atoms with van der Waals surface area (Å²) in [5.41, 5.74) is 0.684. The molecule has 3 heterocycles. The molecule has 0 fully saturated rings. The van der Waals surface area contributed by atoms with E-state index in [1.54, 1.807) is 30.7 Å². The molecule has 0 bridgehead atoms. The topological polar surface area (TPSA) is 106 Å². The van der Waals surface area contributed by atoms with Crippen LogP contribution >= 0.6 is 22.9 Å². The molecule has 0 saturated carbocycles. The van der Waals surface area contributed by atoms with Crippen LogP contribution in [-0.2, 0) is 16.9 Å². The Kier molecular flexibility index (Phi) is 5.62. The second-order valence-electron chi connectivity index (χ2n) is 6.29. The molecule has 0 aliphatic heterocycles. The summed E-state index contributed by atoms with van der Waals surface area (Å²) in [5, 5.41) is 15.5. The highest BCUT2D eigenvalue weighted by Gasteiger charge is 2.25. The Morgan fingerprint density at radius 2 is 2.04 bits per heavy atom. The molecule has 0 aliphatic rings. The number of nitrogens with one attached hydrogen (secondary N) is 2. The fourth-order valence-electron chi connectivity index (χ4n) is 2.33. The molecule has 0 aromatic carbocycles. The summed E-state index contributed by atoms with van der Waals surface area (Å²) in [5.74, 6) is 0.276. The van der Waals surface area contributed by atoms with Gasteiger partial charge in [-0.25, -0.2) is 9.97 Å². The van der Waals surface area contributed by atoms with Gasteiger partial charge in [0.15, 0.2) is 0 Å². The molecule has 27 heavy (non-hydrogen) atoms. The van der Waals surface area contributed by atoms with E-state index in [-0.39, 0.29) is 5.91 Å². The smallest absolute Gasteiger partial charge is 0.243 e. The van der Waals surface area contributed by atoms with Crippen LogP contribution in [0, 0.1) is 0 Å². The van der Waals surface area contributed by atoms with E-state index in [4.69, 9.17) is 11.6 Å². The summed E-state index contributed by atoms with van der Waals surface area (Å²) in [4.78, 5) is 24.9. The van der Waals surface area contributed by atoms with E-state index in [0.29, 0.717) is 33.9 Å². The Morgan fingerprint density at radius 1 is 1.22 bits per heavy atom. The second-order valence-corrected chi connectivity index (χ2v) is 7.81. The van der Waals surface area contributed by atoms with Crippen LogP contribution in [0.25, 0.3) is 10.7 Å². The van der Waals surface area contributed by atoms with Gasteiger partial charge in [0.2, 0.25) is 11.9 Å². The van der Waals surface area contributed by atoms with E-state index in [1.165, 1.54) is 18.3 Å². The monoisotopic (exact) mass is 403 g/mol. The van der Waals surface area contributed by atoms with E-state index < -0.39 is 5.54 Å². The van der Waals surface area contributed by atoms with Crippen molar-refractivity contribution in [3.63, 3.8) is 0 Å². The molecule has 10 heteroatoms. The molecule has 1 amide bonds. The van der Waals surface area contributed by atoms with Gasteiger partial charge in [0.05, 0.1) is 29.0 Å². The molecule has 3 aromatic rings. The maximum atomic E-state index is 11.0. The summed E-state index contributed by atoms with van der Waals surface area (Å²) in [6.45, 7) is 5.79. The zero-order chi connectivity index (χ0) is 19.4. The van der Waals surface area contributed by atoms with Crippen molar-refractivity contribution in [1.82, 2.24) is 30.5 Å². The van der Waals surface area contributed by atoms with Gasteiger partial charge in [0.25, 0.3) is 0 Å². The molecule has 8 nitrogen and oxygen atoms in total. The fraction of sp³-hybridized carbons (Fsp3) is 0.294. The van der Waals surface area contributed by atoms with Crippen molar-refractivity contribution >= 4 is 34.8 Å². The zero-order valence-corrected chi connectivity index (χ0v) is 16.6. The Bertz CT molecular complexity index is 942. The van der Waals surface area contributed by atoms with Crippen LogP contribution in [0.1, 0.15) is 31.3 Å². The van der Waals surface area contributed by atoms with Gasteiger partial charge in [-0.1, -0.05) is 11.6 Å². The average Bonchev–Trinajstić information content (AvgIpc) is 3.09. The molecule has 0 unspecified atom stereocenters. The third-order valence-corrected chi connectivity index (χ3v) is 4.95. The van der Waals surface area contributed by atoms with Crippen LogP contribution in [0.15, 0.2) is 30.7 Å². The Balaban J connectivity index is 1.72. The summed E-state index contributed by atoms with van der Waals surface area (Å²) < 4.78 is 0. The van der Waals surface area contributed by atoms with Crippen molar-refractivity contribution < 1.29 is 4.79 Å². The standard InChI is InChI=1S/C17H18ClN7OS/c1-10(26)20-7-11-8-21-15(27-11)13-9-22-16(25-24-13)23-17(2,3)14-12(18)5-4-6-19-14/h4-6,8-9H,7H2,1-3H3,(H,20,26)(H,22,23,25). The molecule has 0 atom stereocenters. The summed E-state index contributed by atoms with van der Waals surface area (Å²) >= 11 is 7.67. The largest absolute Gasteiger partial charge is 0.351 e. The van der Waals surface area contributed by atoms with Crippen LogP contribution in [0.2, 0.25) is 5.02 Å². The first-order chi connectivity index (χ1) is 12.8. The number of anilines is 1. The van der Waals surface area contributed by atoms with Gasteiger partial charge in [-0.2, -0.15) is 0 Å². The fourth-order valence-corrected chi connectivity index (χ4v) is 3.49. The van der Waals surface area contributed by atoms with Crippen molar-refractivity contribution in [2.24, 2.45) is 0 Å². The van der Waals surface area contributed by atoms with Crippen molar-refractivity contribution in [2.45, 2.75) is 32.9 Å². The number of hydrogen-bond acceptors (Lipinski definition) is 8. The number of rotatable bonds is 6. The maximum absolute atomic E-state index is 11.0. The number of carbonyl (C=O) groups is 1. The predicted molar refractivity (Wildman–Crippen MR) is 104 cm³/mol. The van der Waals surface area contributed by atoms with Crippen LogP contribution in [0.4, 0.5) is 5.95 Å². The summed E-state index contributed by atoms with van der Waals surface area (Å²) in [6.07, 6.45) is 5.00. The highest BCUT2D eigenvalue weighted by molar-refractivity contribution is 7.14. The van der Waals surface area contributed by atoms with Crippen LogP contribution < -0.4 is 10.6 Å². The molecular weight excluding hydrogens is 386 g/mol. The highest BCUT2D eigenvalue weighted by atomic mass is 35.5. The van der Waals surface area contributed by atoms with Crippen molar-refractivity contribution in [3.05, 3.63) is 46.3 Å². The van der Waals surface area contributed by atoms with Crippen LogP contribution in [0.3, 0.4) is 0 Å². The molecule has 140 valence electrons. The van der Waals surface area contributed by atoms with E-state index in [9.17, 15) is 4.79 Å². The normalized spacial score (nSPS) is 11.3. The van der Waals surface area contributed by atoms with Gasteiger partial charge in [-0.15, -0.1) is 21.5 Å². The quantitative estimate of drug-likeness (QED) is 0.651. The summed E-state index contributed by atoms with van der Waals surface area (Å²) in [6, 6.07) is 3.57. The molecular formula is C17H18ClN7OS. The minimum absolute atomic E-state index is 0.0857. The van der Waals surface area contributed by atoms with Gasteiger partial charge in [0.1, 0.15) is 10.7 Å². The number of hydrogen-bond donors (Lipinski definition) is 2. The number of carbonyl (C=O) groups excluding carboxylic acids is 1.